The fourth-order valence-corrected chi connectivity index (χ4v) is 3.21. The number of nitrogens with zero attached hydrogens (tertiary/aromatic N) is 4. The third-order valence-electron chi connectivity index (χ3n) is 3.70. The molecule has 0 aliphatic heterocycles. The van der Waals surface area contributed by atoms with Crippen molar-refractivity contribution in [2.45, 2.75) is 6.92 Å². The van der Waals surface area contributed by atoms with Crippen LogP contribution >= 0.6 is 11.3 Å². The second kappa shape index (κ2) is 6.25. The summed E-state index contributed by atoms with van der Waals surface area (Å²) in [5, 5.41) is 5.24. The predicted molar refractivity (Wildman–Crippen MR) is 99.0 cm³/mol. The maximum absolute atomic E-state index is 4.52. The lowest BCUT2D eigenvalue weighted by molar-refractivity contribution is 1.06. The highest BCUT2D eigenvalue weighted by atomic mass is 32.1. The van der Waals surface area contributed by atoms with Crippen LogP contribution in [0.4, 0.5) is 5.13 Å². The third kappa shape index (κ3) is 2.91. The predicted octanol–water partition coefficient (Wildman–Crippen LogP) is 4.32. The van der Waals surface area contributed by atoms with Gasteiger partial charge in [-0.3, -0.25) is 5.43 Å². The first-order valence-electron chi connectivity index (χ1n) is 7.54. The first-order chi connectivity index (χ1) is 11.8. The van der Waals surface area contributed by atoms with E-state index in [0.717, 1.165) is 32.3 Å². The van der Waals surface area contributed by atoms with E-state index in [2.05, 4.69) is 26.6 Å². The number of hydrazone groups is 1. The molecule has 0 spiro atoms. The molecule has 0 unspecified atom stereocenters. The van der Waals surface area contributed by atoms with Gasteiger partial charge in [-0.2, -0.15) is 5.10 Å². The Morgan fingerprint density at radius 2 is 1.96 bits per heavy atom. The number of aromatic nitrogens is 3. The smallest absolute Gasteiger partial charge is 0.204 e. The molecule has 4 aromatic rings. The summed E-state index contributed by atoms with van der Waals surface area (Å²) >= 11 is 1.60. The van der Waals surface area contributed by atoms with E-state index in [1.165, 1.54) is 0 Å². The van der Waals surface area contributed by atoms with Crippen LogP contribution < -0.4 is 5.43 Å². The number of hydrogen-bond acceptors (Lipinski definition) is 5. The van der Waals surface area contributed by atoms with Crippen LogP contribution in [0.5, 0.6) is 0 Å². The number of thiazole rings is 1. The lowest BCUT2D eigenvalue weighted by atomic mass is 10.1. The summed E-state index contributed by atoms with van der Waals surface area (Å²) < 4.78 is 3.12. The Hall–Kier alpha value is -2.99. The summed E-state index contributed by atoms with van der Waals surface area (Å²) in [6.07, 6.45) is 5.47. The van der Waals surface area contributed by atoms with E-state index in [9.17, 15) is 0 Å². The fraction of sp³-hybridized carbons (Fsp3) is 0.0556. The zero-order valence-electron chi connectivity index (χ0n) is 13.0. The first kappa shape index (κ1) is 14.6. The molecule has 0 saturated carbocycles. The Bertz CT molecular complexity index is 951. The van der Waals surface area contributed by atoms with Crippen molar-refractivity contribution in [3.63, 3.8) is 0 Å². The molecule has 1 N–H and O–H groups in total. The topological polar surface area (TPSA) is 55.1 Å². The van der Waals surface area contributed by atoms with E-state index in [0.29, 0.717) is 0 Å². The van der Waals surface area contributed by atoms with E-state index < -0.39 is 0 Å². The van der Waals surface area contributed by atoms with Crippen molar-refractivity contribution in [2.24, 2.45) is 5.10 Å². The molecule has 6 heteroatoms. The highest BCUT2D eigenvalue weighted by molar-refractivity contribution is 7.22. The van der Waals surface area contributed by atoms with Crippen LogP contribution in [0.3, 0.4) is 0 Å². The minimum atomic E-state index is 0.797. The fourth-order valence-electron chi connectivity index (χ4n) is 2.40. The number of para-hydroxylation sites is 1. The van der Waals surface area contributed by atoms with Gasteiger partial charge in [0.2, 0.25) is 5.13 Å². The molecule has 2 aromatic heterocycles. The Kier molecular flexibility index (Phi) is 3.80. The normalized spacial score (nSPS) is 11.8. The summed E-state index contributed by atoms with van der Waals surface area (Å²) in [5.41, 5.74) is 7.09. The lowest BCUT2D eigenvalue weighted by Crippen LogP contribution is -2.00. The van der Waals surface area contributed by atoms with Crippen LogP contribution in [0.15, 0.2) is 72.4 Å². The van der Waals surface area contributed by atoms with Crippen LogP contribution in [-0.4, -0.2) is 20.2 Å². The molecule has 0 saturated heterocycles. The SMILES string of the molecule is C/C(=N\Nc1nc2ccccc2s1)c1ccc(-n2ccnc2)cc1. The van der Waals surface area contributed by atoms with Crippen molar-refractivity contribution < 1.29 is 0 Å². The van der Waals surface area contributed by atoms with Crippen LogP contribution in [0.25, 0.3) is 15.9 Å². The van der Waals surface area contributed by atoms with Crippen LogP contribution in [0, 0.1) is 0 Å². The van der Waals surface area contributed by atoms with Gasteiger partial charge in [-0.1, -0.05) is 35.6 Å². The molecule has 4 rings (SSSR count). The molecule has 2 heterocycles. The first-order valence-corrected chi connectivity index (χ1v) is 8.36. The molecule has 24 heavy (non-hydrogen) atoms. The Morgan fingerprint density at radius 1 is 1.12 bits per heavy atom. The molecule has 0 bridgehead atoms. The molecule has 118 valence electrons. The Morgan fingerprint density at radius 3 is 2.71 bits per heavy atom. The van der Waals surface area contributed by atoms with E-state index >= 15 is 0 Å². The van der Waals surface area contributed by atoms with E-state index in [1.807, 2.05) is 60.2 Å². The van der Waals surface area contributed by atoms with Crippen molar-refractivity contribution >= 4 is 32.4 Å². The summed E-state index contributed by atoms with van der Waals surface area (Å²) in [5.74, 6) is 0. The summed E-state index contributed by atoms with van der Waals surface area (Å²) in [7, 11) is 0. The average Bonchev–Trinajstić information content (AvgIpc) is 3.29. The van der Waals surface area contributed by atoms with Crippen LogP contribution in [0.2, 0.25) is 0 Å². The van der Waals surface area contributed by atoms with Crippen molar-refractivity contribution in [2.75, 3.05) is 5.43 Å². The number of anilines is 1. The molecule has 0 amide bonds. The summed E-state index contributed by atoms with van der Waals surface area (Å²) in [6.45, 7) is 1.98. The quantitative estimate of drug-likeness (QED) is 0.447. The van der Waals surface area contributed by atoms with Gasteiger partial charge in [0, 0.05) is 18.1 Å². The molecule has 0 atom stereocenters. The van der Waals surface area contributed by atoms with Gasteiger partial charge in [-0.15, -0.1) is 0 Å². The van der Waals surface area contributed by atoms with Crippen molar-refractivity contribution in [1.82, 2.24) is 14.5 Å². The van der Waals surface area contributed by atoms with Gasteiger partial charge in [0.05, 0.1) is 22.3 Å². The maximum Gasteiger partial charge on any atom is 0.204 e. The van der Waals surface area contributed by atoms with Gasteiger partial charge in [0.15, 0.2) is 0 Å². The van der Waals surface area contributed by atoms with Gasteiger partial charge in [0.1, 0.15) is 0 Å². The molecular formula is C18H15N5S. The van der Waals surface area contributed by atoms with Crippen LogP contribution in [0.1, 0.15) is 12.5 Å². The van der Waals surface area contributed by atoms with Gasteiger partial charge < -0.3 is 4.57 Å². The minimum Gasteiger partial charge on any atom is -0.306 e. The number of benzene rings is 2. The van der Waals surface area contributed by atoms with Gasteiger partial charge in [-0.05, 0) is 36.8 Å². The summed E-state index contributed by atoms with van der Waals surface area (Å²) in [6, 6.07) is 16.3. The third-order valence-corrected chi connectivity index (χ3v) is 4.64. The highest BCUT2D eigenvalue weighted by Gasteiger charge is 2.03. The average molecular weight is 333 g/mol. The minimum absolute atomic E-state index is 0.797. The van der Waals surface area contributed by atoms with E-state index in [1.54, 1.807) is 23.9 Å². The number of fused-ring (bicyclic) bond motifs is 1. The zero-order valence-corrected chi connectivity index (χ0v) is 13.9. The van der Waals surface area contributed by atoms with Gasteiger partial charge >= 0.3 is 0 Å². The van der Waals surface area contributed by atoms with Crippen molar-refractivity contribution in [3.05, 3.63) is 72.8 Å². The Labute approximate surface area is 143 Å². The van der Waals surface area contributed by atoms with E-state index in [-0.39, 0.29) is 0 Å². The molecule has 5 nitrogen and oxygen atoms in total. The van der Waals surface area contributed by atoms with Gasteiger partial charge in [0.25, 0.3) is 0 Å². The molecular weight excluding hydrogens is 318 g/mol. The van der Waals surface area contributed by atoms with Gasteiger partial charge in [-0.25, -0.2) is 9.97 Å². The number of nitrogens with one attached hydrogen (secondary N) is 1. The number of rotatable bonds is 4. The number of imidazole rings is 1. The molecule has 2 aromatic carbocycles. The monoisotopic (exact) mass is 333 g/mol. The summed E-state index contributed by atoms with van der Waals surface area (Å²) in [4.78, 5) is 8.58. The standard InChI is InChI=1S/C18H15N5S/c1-13(14-6-8-15(9-7-14)23-11-10-19-12-23)21-22-18-20-16-4-2-3-5-17(16)24-18/h2-12H,1H3,(H,20,22)/b21-13+. The van der Waals surface area contributed by atoms with Crippen LogP contribution in [-0.2, 0) is 0 Å². The second-order valence-corrected chi connectivity index (χ2v) is 6.34. The molecule has 0 fully saturated rings. The Balaban J connectivity index is 1.52. The van der Waals surface area contributed by atoms with Crippen molar-refractivity contribution in [1.29, 1.82) is 0 Å². The number of hydrogen-bond donors (Lipinski definition) is 1. The molecule has 0 radical (unpaired) electrons. The molecule has 0 aliphatic rings. The maximum atomic E-state index is 4.52. The lowest BCUT2D eigenvalue weighted by Gasteiger charge is -2.05. The van der Waals surface area contributed by atoms with E-state index in [4.69, 9.17) is 0 Å². The highest BCUT2D eigenvalue weighted by Crippen LogP contribution is 2.25. The van der Waals surface area contributed by atoms with Crippen molar-refractivity contribution in [3.8, 4) is 5.69 Å². The zero-order chi connectivity index (χ0) is 16.4. The second-order valence-electron chi connectivity index (χ2n) is 5.31. The molecule has 0 aliphatic carbocycles. The largest absolute Gasteiger partial charge is 0.306 e.